The van der Waals surface area contributed by atoms with Crippen LogP contribution in [-0.2, 0) is 0 Å². The zero-order chi connectivity index (χ0) is 16.3. The molecule has 5 nitrogen and oxygen atoms in total. The van der Waals surface area contributed by atoms with Crippen LogP contribution in [0.15, 0.2) is 18.2 Å². The second-order valence-corrected chi connectivity index (χ2v) is 6.09. The van der Waals surface area contributed by atoms with E-state index in [0.29, 0.717) is 24.2 Å². The SMILES string of the molecule is CC(=O)c1ccc(NC(=O)N2CCCC2CC(C)O)cc1C. The van der Waals surface area contributed by atoms with Crippen molar-refractivity contribution in [3.63, 3.8) is 0 Å². The number of ketones is 1. The highest BCUT2D eigenvalue weighted by atomic mass is 16.3. The predicted molar refractivity (Wildman–Crippen MR) is 86.2 cm³/mol. The van der Waals surface area contributed by atoms with Gasteiger partial charge in [-0.25, -0.2) is 4.79 Å². The van der Waals surface area contributed by atoms with Crippen molar-refractivity contribution in [2.24, 2.45) is 0 Å². The topological polar surface area (TPSA) is 69.6 Å². The molecule has 2 rings (SSSR count). The van der Waals surface area contributed by atoms with Gasteiger partial charge in [-0.05, 0) is 63.8 Å². The fourth-order valence-corrected chi connectivity index (χ4v) is 3.07. The molecule has 2 unspecified atom stereocenters. The Morgan fingerprint density at radius 3 is 2.77 bits per heavy atom. The van der Waals surface area contributed by atoms with Crippen LogP contribution in [0.1, 0.15) is 49.0 Å². The van der Waals surface area contributed by atoms with E-state index in [2.05, 4.69) is 5.32 Å². The quantitative estimate of drug-likeness (QED) is 0.840. The molecule has 1 aromatic carbocycles. The summed E-state index contributed by atoms with van der Waals surface area (Å²) >= 11 is 0. The van der Waals surface area contributed by atoms with Gasteiger partial charge in [0, 0.05) is 23.8 Å². The van der Waals surface area contributed by atoms with Gasteiger partial charge in [0.15, 0.2) is 5.78 Å². The van der Waals surface area contributed by atoms with Crippen molar-refractivity contribution in [2.45, 2.75) is 52.2 Å². The number of nitrogens with zero attached hydrogens (tertiary/aromatic N) is 1. The van der Waals surface area contributed by atoms with Crippen molar-refractivity contribution in [3.8, 4) is 0 Å². The van der Waals surface area contributed by atoms with Crippen LogP contribution < -0.4 is 5.32 Å². The van der Waals surface area contributed by atoms with Gasteiger partial charge < -0.3 is 15.3 Å². The molecule has 0 aromatic heterocycles. The number of anilines is 1. The van der Waals surface area contributed by atoms with Gasteiger partial charge in [-0.3, -0.25) is 4.79 Å². The van der Waals surface area contributed by atoms with Gasteiger partial charge in [0.2, 0.25) is 0 Å². The van der Waals surface area contributed by atoms with Crippen LogP contribution in [0.3, 0.4) is 0 Å². The normalized spacial score (nSPS) is 19.1. The Hall–Kier alpha value is -1.88. The first-order valence-electron chi connectivity index (χ1n) is 7.75. The number of aliphatic hydroxyl groups excluding tert-OH is 1. The Balaban J connectivity index is 2.05. The number of aryl methyl sites for hydroxylation is 1. The molecule has 1 heterocycles. The highest BCUT2D eigenvalue weighted by Gasteiger charge is 2.29. The number of hydrogen-bond acceptors (Lipinski definition) is 3. The molecule has 0 spiro atoms. The standard InChI is InChI=1S/C17H24N2O3/c1-11-9-14(6-7-16(11)13(3)21)18-17(22)19-8-4-5-15(19)10-12(2)20/h6-7,9,12,15,20H,4-5,8,10H2,1-3H3,(H,18,22). The molecule has 120 valence electrons. The molecule has 0 radical (unpaired) electrons. The van der Waals surface area contributed by atoms with Gasteiger partial charge in [0.25, 0.3) is 0 Å². The maximum absolute atomic E-state index is 12.4. The molecule has 5 heteroatoms. The third-order valence-corrected chi connectivity index (χ3v) is 4.11. The number of hydrogen-bond donors (Lipinski definition) is 2. The van der Waals surface area contributed by atoms with Crippen molar-refractivity contribution in [2.75, 3.05) is 11.9 Å². The number of urea groups is 1. The molecule has 0 aliphatic carbocycles. The molecule has 1 aromatic rings. The van der Waals surface area contributed by atoms with E-state index in [4.69, 9.17) is 0 Å². The van der Waals surface area contributed by atoms with Crippen LogP contribution >= 0.6 is 0 Å². The minimum absolute atomic E-state index is 0.0203. The average molecular weight is 304 g/mol. The highest BCUT2D eigenvalue weighted by molar-refractivity contribution is 5.97. The molecule has 1 aliphatic rings. The van der Waals surface area contributed by atoms with E-state index in [1.807, 2.05) is 13.0 Å². The van der Waals surface area contributed by atoms with Crippen molar-refractivity contribution < 1.29 is 14.7 Å². The number of Topliss-reactive ketones (excluding diaryl/α,β-unsaturated/α-hetero) is 1. The van der Waals surface area contributed by atoms with Crippen molar-refractivity contribution in [1.82, 2.24) is 4.90 Å². The van der Waals surface area contributed by atoms with E-state index in [1.54, 1.807) is 24.0 Å². The van der Waals surface area contributed by atoms with Crippen LogP contribution in [0.4, 0.5) is 10.5 Å². The first-order valence-corrected chi connectivity index (χ1v) is 7.75. The number of amides is 2. The fourth-order valence-electron chi connectivity index (χ4n) is 3.07. The summed E-state index contributed by atoms with van der Waals surface area (Å²) in [7, 11) is 0. The van der Waals surface area contributed by atoms with Gasteiger partial charge in [-0.1, -0.05) is 0 Å². The predicted octanol–water partition coefficient (Wildman–Crippen LogP) is 2.96. The van der Waals surface area contributed by atoms with Gasteiger partial charge in [0.1, 0.15) is 0 Å². The number of rotatable bonds is 4. The smallest absolute Gasteiger partial charge is 0.322 e. The Morgan fingerprint density at radius 2 is 2.18 bits per heavy atom. The zero-order valence-electron chi connectivity index (χ0n) is 13.4. The lowest BCUT2D eigenvalue weighted by Crippen LogP contribution is -2.40. The first kappa shape index (κ1) is 16.5. The highest BCUT2D eigenvalue weighted by Crippen LogP contribution is 2.23. The summed E-state index contributed by atoms with van der Waals surface area (Å²) < 4.78 is 0. The van der Waals surface area contributed by atoms with Crippen molar-refractivity contribution in [3.05, 3.63) is 29.3 Å². The third kappa shape index (κ3) is 3.85. The number of carbonyl (C=O) groups is 2. The third-order valence-electron chi connectivity index (χ3n) is 4.11. The van der Waals surface area contributed by atoms with E-state index in [0.717, 1.165) is 18.4 Å². The largest absolute Gasteiger partial charge is 0.393 e. The molecule has 1 fully saturated rings. The summed E-state index contributed by atoms with van der Waals surface area (Å²) in [6, 6.07) is 5.26. The Kier molecular flexibility index (Phi) is 5.19. The Labute approximate surface area is 131 Å². The lowest BCUT2D eigenvalue weighted by molar-refractivity contribution is 0.101. The summed E-state index contributed by atoms with van der Waals surface area (Å²) in [6.07, 6.45) is 2.10. The average Bonchev–Trinajstić information content (AvgIpc) is 2.85. The van der Waals surface area contributed by atoms with Crippen LogP contribution in [0.25, 0.3) is 0 Å². The van der Waals surface area contributed by atoms with Crippen LogP contribution in [0.5, 0.6) is 0 Å². The fraction of sp³-hybridized carbons (Fsp3) is 0.529. The molecule has 0 bridgehead atoms. The molecule has 2 atom stereocenters. The van der Waals surface area contributed by atoms with E-state index >= 15 is 0 Å². The monoisotopic (exact) mass is 304 g/mol. The molecule has 1 aliphatic heterocycles. The number of benzene rings is 1. The molecule has 1 saturated heterocycles. The van der Waals surface area contributed by atoms with Crippen LogP contribution in [0, 0.1) is 6.92 Å². The van der Waals surface area contributed by atoms with Crippen LogP contribution in [0.2, 0.25) is 0 Å². The number of nitrogens with one attached hydrogen (secondary N) is 1. The summed E-state index contributed by atoms with van der Waals surface area (Å²) in [4.78, 5) is 25.6. The molecule has 2 amide bonds. The maximum atomic E-state index is 12.4. The number of aliphatic hydroxyl groups is 1. The lowest BCUT2D eigenvalue weighted by atomic mass is 10.0. The van der Waals surface area contributed by atoms with Gasteiger partial charge in [-0.15, -0.1) is 0 Å². The summed E-state index contributed by atoms with van der Waals surface area (Å²) in [5.74, 6) is 0.0203. The van der Waals surface area contributed by atoms with E-state index < -0.39 is 6.10 Å². The number of likely N-dealkylation sites (tertiary alicyclic amines) is 1. The molecular weight excluding hydrogens is 280 g/mol. The van der Waals surface area contributed by atoms with Gasteiger partial charge >= 0.3 is 6.03 Å². The molecule has 22 heavy (non-hydrogen) atoms. The molecule has 0 saturated carbocycles. The summed E-state index contributed by atoms with van der Waals surface area (Å²) in [5.41, 5.74) is 2.22. The van der Waals surface area contributed by atoms with Crippen molar-refractivity contribution in [1.29, 1.82) is 0 Å². The Bertz CT molecular complexity index is 569. The lowest BCUT2D eigenvalue weighted by Gasteiger charge is -2.26. The molecular formula is C17H24N2O3. The first-order chi connectivity index (χ1) is 10.4. The summed E-state index contributed by atoms with van der Waals surface area (Å²) in [5, 5.41) is 12.4. The minimum atomic E-state index is -0.407. The van der Waals surface area contributed by atoms with Gasteiger partial charge in [-0.2, -0.15) is 0 Å². The zero-order valence-corrected chi connectivity index (χ0v) is 13.4. The van der Waals surface area contributed by atoms with E-state index in [-0.39, 0.29) is 17.9 Å². The Morgan fingerprint density at radius 1 is 1.45 bits per heavy atom. The molecule has 2 N–H and O–H groups in total. The van der Waals surface area contributed by atoms with E-state index in [1.165, 1.54) is 6.92 Å². The minimum Gasteiger partial charge on any atom is -0.393 e. The second kappa shape index (κ2) is 6.92. The van der Waals surface area contributed by atoms with E-state index in [9.17, 15) is 14.7 Å². The maximum Gasteiger partial charge on any atom is 0.322 e. The second-order valence-electron chi connectivity index (χ2n) is 6.09. The van der Waals surface area contributed by atoms with Gasteiger partial charge in [0.05, 0.1) is 6.10 Å². The summed E-state index contributed by atoms with van der Waals surface area (Å²) in [6.45, 7) is 5.86. The van der Waals surface area contributed by atoms with Crippen LogP contribution in [-0.4, -0.2) is 40.5 Å². The number of carbonyl (C=O) groups excluding carboxylic acids is 2. The van der Waals surface area contributed by atoms with Crippen molar-refractivity contribution >= 4 is 17.5 Å².